The second-order valence-electron chi connectivity index (χ2n) is 9.06. The summed E-state index contributed by atoms with van der Waals surface area (Å²) in [4.78, 5) is 32.7. The zero-order valence-electron chi connectivity index (χ0n) is 18.7. The molecule has 0 aromatic carbocycles. The van der Waals surface area contributed by atoms with Gasteiger partial charge in [-0.05, 0) is 32.4 Å². The van der Waals surface area contributed by atoms with E-state index in [-0.39, 0.29) is 29.9 Å². The van der Waals surface area contributed by atoms with Gasteiger partial charge in [0.25, 0.3) is 0 Å². The molecular weight excluding hydrogens is 382 g/mol. The summed E-state index contributed by atoms with van der Waals surface area (Å²) in [7, 11) is 0. The van der Waals surface area contributed by atoms with Crippen LogP contribution in [0.3, 0.4) is 0 Å². The maximum Gasteiger partial charge on any atom is 0.222 e. The van der Waals surface area contributed by atoms with Crippen molar-refractivity contribution in [1.82, 2.24) is 25.4 Å². The van der Waals surface area contributed by atoms with Crippen molar-refractivity contribution in [2.24, 2.45) is 0 Å². The first-order chi connectivity index (χ1) is 14.2. The highest BCUT2D eigenvalue weighted by atomic mass is 16.3. The monoisotopic (exact) mass is 419 g/mol. The first-order valence-corrected chi connectivity index (χ1v) is 10.8. The van der Waals surface area contributed by atoms with E-state index >= 15 is 0 Å². The predicted octanol–water partition coefficient (Wildman–Crippen LogP) is 0.760. The van der Waals surface area contributed by atoms with Crippen molar-refractivity contribution in [3.05, 3.63) is 30.1 Å². The lowest BCUT2D eigenvalue weighted by atomic mass is 10.0. The fourth-order valence-electron chi connectivity index (χ4n) is 3.66. The van der Waals surface area contributed by atoms with Crippen LogP contribution in [-0.4, -0.2) is 82.1 Å². The first-order valence-electron chi connectivity index (χ1n) is 10.8. The van der Waals surface area contributed by atoms with E-state index in [1.807, 2.05) is 33.0 Å². The lowest BCUT2D eigenvalue weighted by Crippen LogP contribution is -2.57. The minimum atomic E-state index is -0.668. The van der Waals surface area contributed by atoms with Gasteiger partial charge >= 0.3 is 0 Å². The van der Waals surface area contributed by atoms with Crippen LogP contribution >= 0.6 is 0 Å². The van der Waals surface area contributed by atoms with Gasteiger partial charge in [0.05, 0.1) is 6.10 Å². The summed E-state index contributed by atoms with van der Waals surface area (Å²) >= 11 is 0. The summed E-state index contributed by atoms with van der Waals surface area (Å²) in [5.74, 6) is -0.0639. The van der Waals surface area contributed by atoms with Crippen LogP contribution in [-0.2, 0) is 16.1 Å². The molecule has 1 fully saturated rings. The number of rotatable bonds is 9. The van der Waals surface area contributed by atoms with Gasteiger partial charge in [0.2, 0.25) is 11.8 Å². The van der Waals surface area contributed by atoms with Gasteiger partial charge < -0.3 is 15.7 Å². The summed E-state index contributed by atoms with van der Waals surface area (Å²) in [6.45, 7) is 11.5. The van der Waals surface area contributed by atoms with Gasteiger partial charge in [-0.15, -0.1) is 0 Å². The standard InChI is InChI=1S/C22H37N5O3/c1-5-20(29)24-13-19(28)16-27-10-9-26(14-17-7-6-8-23-12-17)15-18(27)11-21(30)25-22(2,3)4/h6-8,12,18-19,28H,5,9-11,13-16H2,1-4H3,(H,24,29)(H,25,30)/t18-,19+/m1/s1. The summed E-state index contributed by atoms with van der Waals surface area (Å²) < 4.78 is 0. The highest BCUT2D eigenvalue weighted by Crippen LogP contribution is 2.17. The van der Waals surface area contributed by atoms with Crippen molar-refractivity contribution in [3.63, 3.8) is 0 Å². The van der Waals surface area contributed by atoms with Crippen molar-refractivity contribution in [2.75, 3.05) is 32.7 Å². The van der Waals surface area contributed by atoms with E-state index < -0.39 is 6.10 Å². The second-order valence-corrected chi connectivity index (χ2v) is 9.06. The number of amides is 2. The Balaban J connectivity index is 1.99. The molecular formula is C22H37N5O3. The third-order valence-corrected chi connectivity index (χ3v) is 5.05. The second kappa shape index (κ2) is 11.4. The highest BCUT2D eigenvalue weighted by Gasteiger charge is 2.31. The Morgan fingerprint density at radius 3 is 2.70 bits per heavy atom. The maximum absolute atomic E-state index is 12.6. The molecule has 1 aliphatic rings. The van der Waals surface area contributed by atoms with Gasteiger partial charge in [-0.2, -0.15) is 0 Å². The van der Waals surface area contributed by atoms with Crippen LogP contribution in [0.15, 0.2) is 24.5 Å². The van der Waals surface area contributed by atoms with Crippen LogP contribution in [0.25, 0.3) is 0 Å². The van der Waals surface area contributed by atoms with E-state index in [1.165, 1.54) is 0 Å². The Morgan fingerprint density at radius 1 is 1.30 bits per heavy atom. The average Bonchev–Trinajstić information content (AvgIpc) is 2.67. The van der Waals surface area contributed by atoms with Crippen LogP contribution < -0.4 is 10.6 Å². The minimum Gasteiger partial charge on any atom is -0.390 e. The van der Waals surface area contributed by atoms with Crippen molar-refractivity contribution >= 4 is 11.8 Å². The van der Waals surface area contributed by atoms with Crippen molar-refractivity contribution < 1.29 is 14.7 Å². The fraction of sp³-hybridized carbons (Fsp3) is 0.682. The van der Waals surface area contributed by atoms with Crippen molar-refractivity contribution in [1.29, 1.82) is 0 Å². The van der Waals surface area contributed by atoms with Gasteiger partial charge in [-0.25, -0.2) is 0 Å². The van der Waals surface area contributed by atoms with Gasteiger partial charge in [0.15, 0.2) is 0 Å². The summed E-state index contributed by atoms with van der Waals surface area (Å²) in [6.07, 6.45) is 3.73. The molecule has 2 amide bonds. The third-order valence-electron chi connectivity index (χ3n) is 5.05. The quantitative estimate of drug-likeness (QED) is 0.547. The molecule has 168 valence electrons. The van der Waals surface area contributed by atoms with E-state index in [0.717, 1.165) is 31.7 Å². The minimum absolute atomic E-state index is 0.00528. The molecule has 2 heterocycles. The van der Waals surface area contributed by atoms with Crippen molar-refractivity contribution in [2.45, 2.75) is 64.8 Å². The Morgan fingerprint density at radius 2 is 2.07 bits per heavy atom. The number of hydrogen-bond acceptors (Lipinski definition) is 6. The first kappa shape index (κ1) is 24.2. The zero-order valence-corrected chi connectivity index (χ0v) is 18.7. The average molecular weight is 420 g/mol. The molecule has 0 aliphatic carbocycles. The lowest BCUT2D eigenvalue weighted by Gasteiger charge is -2.42. The molecule has 2 atom stereocenters. The number of β-amino-alcohol motifs (C(OH)–C–C–N with tert-alkyl or cyclic N) is 1. The summed E-state index contributed by atoms with van der Waals surface area (Å²) in [5.41, 5.74) is 0.863. The number of nitrogens with one attached hydrogen (secondary N) is 2. The predicted molar refractivity (Wildman–Crippen MR) is 117 cm³/mol. The maximum atomic E-state index is 12.6. The Bertz CT molecular complexity index is 677. The van der Waals surface area contributed by atoms with Crippen LogP contribution in [0.5, 0.6) is 0 Å². The van der Waals surface area contributed by atoms with Crippen LogP contribution in [0.2, 0.25) is 0 Å². The molecule has 3 N–H and O–H groups in total. The number of aliphatic hydroxyl groups is 1. The number of piperazine rings is 1. The molecule has 1 aromatic heterocycles. The van der Waals surface area contributed by atoms with Gasteiger partial charge in [0.1, 0.15) is 0 Å². The third kappa shape index (κ3) is 8.77. The van der Waals surface area contributed by atoms with E-state index in [0.29, 0.717) is 19.4 Å². The number of nitrogens with zero attached hydrogens (tertiary/aromatic N) is 3. The molecule has 2 rings (SSSR count). The molecule has 0 unspecified atom stereocenters. The smallest absolute Gasteiger partial charge is 0.222 e. The van der Waals surface area contributed by atoms with Gasteiger partial charge in [0, 0.05) is 76.1 Å². The van der Waals surface area contributed by atoms with Crippen molar-refractivity contribution in [3.8, 4) is 0 Å². The Kier molecular flexibility index (Phi) is 9.20. The lowest BCUT2D eigenvalue weighted by molar-refractivity contribution is -0.124. The normalized spacial score (nSPS) is 19.3. The topological polar surface area (TPSA) is 97.8 Å². The molecule has 0 radical (unpaired) electrons. The highest BCUT2D eigenvalue weighted by molar-refractivity contribution is 5.77. The molecule has 0 spiro atoms. The molecule has 30 heavy (non-hydrogen) atoms. The molecule has 8 heteroatoms. The molecule has 1 aliphatic heterocycles. The number of pyridine rings is 1. The number of aliphatic hydroxyl groups excluding tert-OH is 1. The fourth-order valence-corrected chi connectivity index (χ4v) is 3.66. The Labute approximate surface area is 180 Å². The van der Waals surface area contributed by atoms with Gasteiger partial charge in [-0.3, -0.25) is 24.4 Å². The van der Waals surface area contributed by atoms with E-state index in [2.05, 4.69) is 31.5 Å². The molecule has 1 saturated heterocycles. The van der Waals surface area contributed by atoms with Crippen LogP contribution in [0.1, 0.15) is 46.1 Å². The SMILES string of the molecule is CCC(=O)NC[C@H](O)CN1CCN(Cc2cccnc2)C[C@H]1CC(=O)NC(C)(C)C. The van der Waals surface area contributed by atoms with E-state index in [1.54, 1.807) is 13.1 Å². The molecule has 1 aromatic rings. The van der Waals surface area contributed by atoms with E-state index in [9.17, 15) is 14.7 Å². The van der Waals surface area contributed by atoms with Crippen LogP contribution in [0, 0.1) is 0 Å². The molecule has 8 nitrogen and oxygen atoms in total. The number of hydrogen-bond donors (Lipinski definition) is 3. The van der Waals surface area contributed by atoms with Crippen LogP contribution in [0.4, 0.5) is 0 Å². The van der Waals surface area contributed by atoms with E-state index in [4.69, 9.17) is 0 Å². The molecule has 0 saturated carbocycles. The molecule has 0 bridgehead atoms. The summed E-state index contributed by atoms with van der Waals surface area (Å²) in [6, 6.07) is 3.98. The largest absolute Gasteiger partial charge is 0.390 e. The number of carbonyl (C=O) groups is 2. The Hall–Kier alpha value is -2.03. The number of carbonyl (C=O) groups excluding carboxylic acids is 2. The summed E-state index contributed by atoms with van der Waals surface area (Å²) in [5, 5.41) is 16.2. The van der Waals surface area contributed by atoms with Gasteiger partial charge in [-0.1, -0.05) is 13.0 Å². The number of aromatic nitrogens is 1. The zero-order chi connectivity index (χ0) is 22.1.